The maximum absolute atomic E-state index is 11.2. The van der Waals surface area contributed by atoms with E-state index in [1.165, 1.54) is 37.0 Å². The van der Waals surface area contributed by atoms with Gasteiger partial charge in [-0.25, -0.2) is 0 Å². The van der Waals surface area contributed by atoms with Gasteiger partial charge in [-0.2, -0.15) is 0 Å². The van der Waals surface area contributed by atoms with Gasteiger partial charge in [-0.1, -0.05) is 31.4 Å². The number of phenols is 5. The van der Waals surface area contributed by atoms with Gasteiger partial charge in [0.15, 0.2) is 23.0 Å². The molecule has 5 N–H and O–H groups in total. The Bertz CT molecular complexity index is 1090. The molecule has 0 atom stereocenters. The normalized spacial score (nSPS) is 14.5. The number of aryl methyl sites for hydroxylation is 2. The summed E-state index contributed by atoms with van der Waals surface area (Å²) in [6.45, 7) is 3.75. The molecule has 0 aliphatic heterocycles. The predicted octanol–water partition coefficient (Wildman–Crippen LogP) is 6.06. The Balaban J connectivity index is 1.77. The molecular weight excluding hydrogens is 416 g/mol. The van der Waals surface area contributed by atoms with Crippen molar-refractivity contribution in [1.29, 1.82) is 0 Å². The molecule has 4 rings (SSSR count). The van der Waals surface area contributed by atoms with E-state index >= 15 is 0 Å². The molecule has 5 heteroatoms. The van der Waals surface area contributed by atoms with Crippen molar-refractivity contribution >= 4 is 0 Å². The lowest BCUT2D eigenvalue weighted by Gasteiger charge is -2.24. The van der Waals surface area contributed by atoms with E-state index in [1.807, 2.05) is 13.8 Å². The highest BCUT2D eigenvalue weighted by Crippen LogP contribution is 2.39. The van der Waals surface area contributed by atoms with Crippen LogP contribution in [0.15, 0.2) is 36.4 Å². The first-order chi connectivity index (χ1) is 15.7. The third-order valence-corrected chi connectivity index (χ3v) is 6.99. The summed E-state index contributed by atoms with van der Waals surface area (Å²) in [5, 5.41) is 50.8. The molecule has 1 aliphatic carbocycles. The molecule has 3 aromatic rings. The summed E-state index contributed by atoms with van der Waals surface area (Å²) >= 11 is 0. The number of benzene rings is 3. The Morgan fingerprint density at radius 3 is 1.45 bits per heavy atom. The lowest BCUT2D eigenvalue weighted by Crippen LogP contribution is -2.07. The Morgan fingerprint density at radius 1 is 0.576 bits per heavy atom. The van der Waals surface area contributed by atoms with Crippen LogP contribution in [0, 0.1) is 13.8 Å². The molecule has 0 bridgehead atoms. The summed E-state index contributed by atoms with van der Waals surface area (Å²) in [5.41, 5.74) is 6.13. The van der Waals surface area contributed by atoms with Gasteiger partial charge in [-0.3, -0.25) is 0 Å². The van der Waals surface area contributed by atoms with Crippen molar-refractivity contribution in [3.63, 3.8) is 0 Å². The van der Waals surface area contributed by atoms with E-state index in [0.717, 1.165) is 46.2 Å². The van der Waals surface area contributed by atoms with Crippen LogP contribution in [0.4, 0.5) is 0 Å². The molecular formula is C28H32O5. The highest BCUT2D eigenvalue weighted by Gasteiger charge is 2.21. The monoisotopic (exact) mass is 448 g/mol. The SMILES string of the molecule is Cc1cc(O)c(O)cc1Cc1cc(C2CCCCC2)cc(Cc2cc(O)c(O)cc2C)c1O. The van der Waals surface area contributed by atoms with Crippen molar-refractivity contribution in [2.45, 2.75) is 64.7 Å². The molecule has 1 fully saturated rings. The smallest absolute Gasteiger partial charge is 0.157 e. The summed E-state index contributed by atoms with van der Waals surface area (Å²) in [7, 11) is 0. The van der Waals surface area contributed by atoms with Crippen LogP contribution in [0.5, 0.6) is 28.7 Å². The van der Waals surface area contributed by atoms with Gasteiger partial charge in [-0.05, 0) is 95.8 Å². The van der Waals surface area contributed by atoms with E-state index < -0.39 is 0 Å². The fourth-order valence-electron chi connectivity index (χ4n) is 4.97. The van der Waals surface area contributed by atoms with Crippen LogP contribution in [0.25, 0.3) is 0 Å². The van der Waals surface area contributed by atoms with Crippen molar-refractivity contribution < 1.29 is 25.5 Å². The number of aromatic hydroxyl groups is 5. The van der Waals surface area contributed by atoms with Crippen LogP contribution < -0.4 is 0 Å². The first-order valence-electron chi connectivity index (χ1n) is 11.6. The summed E-state index contributed by atoms with van der Waals surface area (Å²) in [5.74, 6) is -0.00341. The molecule has 5 nitrogen and oxygen atoms in total. The van der Waals surface area contributed by atoms with Crippen molar-refractivity contribution in [2.24, 2.45) is 0 Å². The number of rotatable bonds is 5. The van der Waals surface area contributed by atoms with E-state index in [2.05, 4.69) is 12.1 Å². The predicted molar refractivity (Wildman–Crippen MR) is 129 cm³/mol. The molecule has 33 heavy (non-hydrogen) atoms. The number of hydrogen-bond acceptors (Lipinski definition) is 5. The van der Waals surface area contributed by atoms with Gasteiger partial charge >= 0.3 is 0 Å². The van der Waals surface area contributed by atoms with Gasteiger partial charge in [0.1, 0.15) is 5.75 Å². The molecule has 1 saturated carbocycles. The maximum atomic E-state index is 11.2. The molecule has 0 saturated heterocycles. The van der Waals surface area contributed by atoms with Gasteiger partial charge < -0.3 is 25.5 Å². The average Bonchev–Trinajstić information content (AvgIpc) is 2.78. The minimum absolute atomic E-state index is 0.153. The topological polar surface area (TPSA) is 101 Å². The third kappa shape index (κ3) is 4.87. The van der Waals surface area contributed by atoms with E-state index in [9.17, 15) is 25.5 Å². The minimum Gasteiger partial charge on any atom is -0.507 e. The molecule has 0 aromatic heterocycles. The molecule has 0 radical (unpaired) electrons. The van der Waals surface area contributed by atoms with Crippen LogP contribution in [0.1, 0.15) is 77.0 Å². The molecule has 0 unspecified atom stereocenters. The largest absolute Gasteiger partial charge is 0.507 e. The third-order valence-electron chi connectivity index (χ3n) is 6.99. The van der Waals surface area contributed by atoms with E-state index in [1.54, 1.807) is 12.1 Å². The van der Waals surface area contributed by atoms with Crippen molar-refractivity contribution in [1.82, 2.24) is 0 Å². The van der Waals surface area contributed by atoms with Crippen LogP contribution in [-0.4, -0.2) is 25.5 Å². The second-order valence-corrected chi connectivity index (χ2v) is 9.41. The van der Waals surface area contributed by atoms with Crippen LogP contribution in [-0.2, 0) is 12.8 Å². The van der Waals surface area contributed by atoms with Crippen LogP contribution in [0.2, 0.25) is 0 Å². The Kier molecular flexibility index (Phi) is 6.41. The molecule has 0 spiro atoms. The van der Waals surface area contributed by atoms with E-state index in [0.29, 0.717) is 18.8 Å². The van der Waals surface area contributed by atoms with Gasteiger partial charge in [0.2, 0.25) is 0 Å². The number of phenolic OH excluding ortho intramolecular Hbond substituents is 5. The lowest BCUT2D eigenvalue weighted by molar-refractivity contribution is 0.402. The quantitative estimate of drug-likeness (QED) is 0.305. The Labute approximate surface area is 194 Å². The number of hydrogen-bond donors (Lipinski definition) is 5. The average molecular weight is 449 g/mol. The fourth-order valence-corrected chi connectivity index (χ4v) is 4.97. The van der Waals surface area contributed by atoms with Crippen molar-refractivity contribution in [3.05, 3.63) is 75.3 Å². The Hall–Kier alpha value is -3.34. The van der Waals surface area contributed by atoms with Gasteiger partial charge in [-0.15, -0.1) is 0 Å². The molecule has 0 amide bonds. The van der Waals surface area contributed by atoms with E-state index in [-0.39, 0.29) is 28.7 Å². The van der Waals surface area contributed by atoms with Gasteiger partial charge in [0, 0.05) is 12.8 Å². The van der Waals surface area contributed by atoms with Crippen LogP contribution >= 0.6 is 0 Å². The second-order valence-electron chi connectivity index (χ2n) is 9.41. The zero-order chi connectivity index (χ0) is 23.7. The molecule has 0 heterocycles. The fraction of sp³-hybridized carbons (Fsp3) is 0.357. The first-order valence-corrected chi connectivity index (χ1v) is 11.6. The Morgan fingerprint density at radius 2 is 1.00 bits per heavy atom. The van der Waals surface area contributed by atoms with E-state index in [4.69, 9.17) is 0 Å². The molecule has 3 aromatic carbocycles. The standard InChI is InChI=1S/C28H32O5/c1-16-8-24(29)26(31)14-19(16)10-22-12-21(18-6-4-3-5-7-18)13-23(28(22)33)11-20-15-27(32)25(30)9-17(20)2/h8-9,12-15,18,29-33H,3-7,10-11H2,1-2H3. The summed E-state index contributed by atoms with van der Waals surface area (Å²) < 4.78 is 0. The van der Waals surface area contributed by atoms with Crippen molar-refractivity contribution in [2.75, 3.05) is 0 Å². The molecule has 174 valence electrons. The lowest BCUT2D eigenvalue weighted by atomic mass is 9.81. The first kappa shape index (κ1) is 22.8. The molecule has 1 aliphatic rings. The zero-order valence-corrected chi connectivity index (χ0v) is 19.2. The van der Waals surface area contributed by atoms with Gasteiger partial charge in [0.05, 0.1) is 0 Å². The maximum Gasteiger partial charge on any atom is 0.157 e. The highest BCUT2D eigenvalue weighted by molar-refractivity contribution is 5.53. The van der Waals surface area contributed by atoms with Gasteiger partial charge in [0.25, 0.3) is 0 Å². The highest BCUT2D eigenvalue weighted by atomic mass is 16.3. The zero-order valence-electron chi connectivity index (χ0n) is 19.2. The summed E-state index contributed by atoms with van der Waals surface area (Å²) in [6, 6.07) is 10.4. The van der Waals surface area contributed by atoms with Crippen LogP contribution in [0.3, 0.4) is 0 Å². The van der Waals surface area contributed by atoms with Crippen molar-refractivity contribution in [3.8, 4) is 28.7 Å². The summed E-state index contributed by atoms with van der Waals surface area (Å²) in [4.78, 5) is 0. The second kappa shape index (κ2) is 9.26. The minimum atomic E-state index is -0.172. The summed E-state index contributed by atoms with van der Waals surface area (Å²) in [6.07, 6.45) is 6.77.